The second-order valence-electron chi connectivity index (χ2n) is 7.85. The van der Waals surface area contributed by atoms with Crippen LogP contribution in [0.3, 0.4) is 0 Å². The molecule has 1 fully saturated rings. The molecule has 0 aliphatic carbocycles. The van der Waals surface area contributed by atoms with Crippen LogP contribution in [-0.4, -0.2) is 45.2 Å². The van der Waals surface area contributed by atoms with Crippen molar-refractivity contribution in [3.05, 3.63) is 42.3 Å². The minimum atomic E-state index is 0.131. The van der Waals surface area contributed by atoms with Gasteiger partial charge in [-0.3, -0.25) is 0 Å². The van der Waals surface area contributed by atoms with Crippen LogP contribution in [0.2, 0.25) is 0 Å². The van der Waals surface area contributed by atoms with E-state index in [1.54, 1.807) is 19.1 Å². The lowest BCUT2D eigenvalue weighted by Gasteiger charge is -2.36. The molecule has 0 saturated carbocycles. The number of anilines is 1. The van der Waals surface area contributed by atoms with Gasteiger partial charge in [0, 0.05) is 43.7 Å². The maximum Gasteiger partial charge on any atom is 0.192 e. The van der Waals surface area contributed by atoms with Crippen molar-refractivity contribution in [1.82, 2.24) is 20.3 Å². The normalized spacial score (nSPS) is 19.9. The van der Waals surface area contributed by atoms with Gasteiger partial charge in [-0.2, -0.15) is 0 Å². The number of piperazine rings is 1. The molecular formula is C22H23N5O2. The summed E-state index contributed by atoms with van der Waals surface area (Å²) in [6.45, 7) is 8.03. The topological polar surface area (TPSA) is 87.3 Å². The van der Waals surface area contributed by atoms with Gasteiger partial charge in [0.2, 0.25) is 0 Å². The Morgan fingerprint density at radius 1 is 0.966 bits per heavy atom. The molecule has 1 saturated heterocycles. The number of phenols is 1. The number of phenolic OH excluding ortho intramolecular Hbond substituents is 1. The van der Waals surface area contributed by atoms with Crippen LogP contribution in [0.15, 0.2) is 40.8 Å². The molecule has 0 radical (unpaired) electrons. The van der Waals surface area contributed by atoms with Gasteiger partial charge in [-0.15, -0.1) is 0 Å². The monoisotopic (exact) mass is 389 g/mol. The minimum absolute atomic E-state index is 0.131. The van der Waals surface area contributed by atoms with E-state index in [1.807, 2.05) is 24.3 Å². The standard InChI is InChI=1S/C22H23N5O2/c1-12-10-27(11-13(2)23-12)22-7-6-17-18(26-22)5-4-16(25-17)15-8-21-19(9-20(15)28)24-14(3)29-21/h4-9,12-13,23,28H,10-11H2,1-3H3/t12-,13-/m0/s1. The first kappa shape index (κ1) is 17.9. The number of benzene rings is 1. The van der Waals surface area contributed by atoms with Gasteiger partial charge in [-0.05, 0) is 44.2 Å². The molecule has 29 heavy (non-hydrogen) atoms. The molecule has 2 N–H and O–H groups in total. The SMILES string of the molecule is Cc1nc2cc(O)c(-c3ccc4nc(N5C[C@H](C)N[C@@H](C)C5)ccc4n3)cc2o1. The number of hydrogen-bond donors (Lipinski definition) is 2. The van der Waals surface area contributed by atoms with Crippen LogP contribution in [0.4, 0.5) is 5.82 Å². The third-order valence-corrected chi connectivity index (χ3v) is 5.30. The van der Waals surface area contributed by atoms with Crippen molar-refractivity contribution in [2.75, 3.05) is 18.0 Å². The fourth-order valence-corrected chi connectivity index (χ4v) is 4.12. The van der Waals surface area contributed by atoms with E-state index in [4.69, 9.17) is 14.4 Å². The summed E-state index contributed by atoms with van der Waals surface area (Å²) in [7, 11) is 0. The summed E-state index contributed by atoms with van der Waals surface area (Å²) < 4.78 is 5.60. The van der Waals surface area contributed by atoms with Crippen LogP contribution >= 0.6 is 0 Å². The van der Waals surface area contributed by atoms with Crippen molar-refractivity contribution in [2.45, 2.75) is 32.9 Å². The number of hydrogen-bond acceptors (Lipinski definition) is 7. The third-order valence-electron chi connectivity index (χ3n) is 5.30. The van der Waals surface area contributed by atoms with Gasteiger partial charge < -0.3 is 19.7 Å². The quantitative estimate of drug-likeness (QED) is 0.541. The molecule has 0 bridgehead atoms. The smallest absolute Gasteiger partial charge is 0.192 e. The first-order valence-corrected chi connectivity index (χ1v) is 9.85. The van der Waals surface area contributed by atoms with Gasteiger partial charge >= 0.3 is 0 Å². The molecule has 3 aromatic heterocycles. The molecule has 0 amide bonds. The highest BCUT2D eigenvalue weighted by Gasteiger charge is 2.22. The highest BCUT2D eigenvalue weighted by molar-refractivity contribution is 5.86. The van der Waals surface area contributed by atoms with E-state index < -0.39 is 0 Å². The lowest BCUT2D eigenvalue weighted by atomic mass is 10.1. The maximum atomic E-state index is 10.5. The Morgan fingerprint density at radius 2 is 1.69 bits per heavy atom. The molecule has 148 valence electrons. The molecule has 1 aliphatic rings. The molecule has 4 aromatic rings. The number of pyridine rings is 2. The van der Waals surface area contributed by atoms with E-state index >= 15 is 0 Å². The molecular weight excluding hydrogens is 366 g/mol. The number of nitrogens with zero attached hydrogens (tertiary/aromatic N) is 4. The molecule has 2 atom stereocenters. The van der Waals surface area contributed by atoms with Crippen molar-refractivity contribution in [1.29, 1.82) is 0 Å². The summed E-state index contributed by atoms with van der Waals surface area (Å²) in [4.78, 5) is 16.1. The molecule has 1 aliphatic heterocycles. The van der Waals surface area contributed by atoms with Gasteiger partial charge in [0.25, 0.3) is 0 Å². The Hall–Kier alpha value is -3.19. The summed E-state index contributed by atoms with van der Waals surface area (Å²) in [6.07, 6.45) is 0. The summed E-state index contributed by atoms with van der Waals surface area (Å²) in [5.74, 6) is 1.66. The highest BCUT2D eigenvalue weighted by atomic mass is 16.3. The zero-order valence-electron chi connectivity index (χ0n) is 16.7. The van der Waals surface area contributed by atoms with Crippen LogP contribution in [0.1, 0.15) is 19.7 Å². The summed E-state index contributed by atoms with van der Waals surface area (Å²) in [6, 6.07) is 12.1. The molecule has 0 unspecified atom stereocenters. The number of oxazole rings is 1. The lowest BCUT2D eigenvalue weighted by Crippen LogP contribution is -2.54. The molecule has 0 spiro atoms. The number of aromatic nitrogens is 3. The van der Waals surface area contributed by atoms with Crippen LogP contribution in [0, 0.1) is 6.92 Å². The van der Waals surface area contributed by atoms with Gasteiger partial charge in [0.15, 0.2) is 11.5 Å². The Labute approximate surface area is 168 Å². The third kappa shape index (κ3) is 3.27. The summed E-state index contributed by atoms with van der Waals surface area (Å²) in [5.41, 5.74) is 4.18. The van der Waals surface area contributed by atoms with Gasteiger partial charge in [0.1, 0.15) is 17.1 Å². The van der Waals surface area contributed by atoms with E-state index in [0.717, 1.165) is 29.9 Å². The number of aromatic hydroxyl groups is 1. The first-order chi connectivity index (χ1) is 14.0. The van der Waals surface area contributed by atoms with Crippen LogP contribution in [0.25, 0.3) is 33.4 Å². The van der Waals surface area contributed by atoms with Crippen LogP contribution in [-0.2, 0) is 0 Å². The van der Waals surface area contributed by atoms with Crippen molar-refractivity contribution in [3.63, 3.8) is 0 Å². The van der Waals surface area contributed by atoms with Crippen LogP contribution in [0.5, 0.6) is 5.75 Å². The van der Waals surface area contributed by atoms with Crippen LogP contribution < -0.4 is 10.2 Å². The Balaban J connectivity index is 1.52. The average Bonchev–Trinajstić information content (AvgIpc) is 3.04. The van der Waals surface area contributed by atoms with Crippen molar-refractivity contribution in [2.24, 2.45) is 0 Å². The number of nitrogens with one attached hydrogen (secondary N) is 1. The van der Waals surface area contributed by atoms with Gasteiger partial charge in [0.05, 0.1) is 16.7 Å². The zero-order valence-corrected chi connectivity index (χ0v) is 16.7. The summed E-state index contributed by atoms with van der Waals surface area (Å²) >= 11 is 0. The lowest BCUT2D eigenvalue weighted by molar-refractivity contribution is 0.405. The Morgan fingerprint density at radius 3 is 2.48 bits per heavy atom. The van der Waals surface area contributed by atoms with Crippen molar-refractivity contribution in [3.8, 4) is 17.0 Å². The molecule has 7 nitrogen and oxygen atoms in total. The van der Waals surface area contributed by atoms with E-state index in [0.29, 0.717) is 40.3 Å². The largest absolute Gasteiger partial charge is 0.507 e. The highest BCUT2D eigenvalue weighted by Crippen LogP contribution is 2.33. The Bertz CT molecular complexity index is 1210. The maximum absolute atomic E-state index is 10.5. The number of aryl methyl sites for hydroxylation is 1. The predicted molar refractivity (Wildman–Crippen MR) is 113 cm³/mol. The van der Waals surface area contributed by atoms with Gasteiger partial charge in [-0.1, -0.05) is 0 Å². The van der Waals surface area contributed by atoms with Gasteiger partial charge in [-0.25, -0.2) is 15.0 Å². The molecule has 7 heteroatoms. The zero-order chi connectivity index (χ0) is 20.1. The second-order valence-corrected chi connectivity index (χ2v) is 7.85. The minimum Gasteiger partial charge on any atom is -0.507 e. The Kier molecular flexibility index (Phi) is 4.13. The van der Waals surface area contributed by atoms with Crippen molar-refractivity contribution < 1.29 is 9.52 Å². The molecule has 4 heterocycles. The second kappa shape index (κ2) is 6.70. The molecule has 5 rings (SSSR count). The van der Waals surface area contributed by atoms with E-state index in [1.165, 1.54) is 0 Å². The summed E-state index contributed by atoms with van der Waals surface area (Å²) in [5, 5.41) is 14.0. The average molecular weight is 389 g/mol. The van der Waals surface area contributed by atoms with E-state index in [-0.39, 0.29) is 5.75 Å². The van der Waals surface area contributed by atoms with Crippen molar-refractivity contribution >= 4 is 28.0 Å². The number of fused-ring (bicyclic) bond motifs is 2. The predicted octanol–water partition coefficient (Wildman–Crippen LogP) is 3.64. The van der Waals surface area contributed by atoms with E-state index in [9.17, 15) is 5.11 Å². The first-order valence-electron chi connectivity index (χ1n) is 9.85. The fraction of sp³-hybridized carbons (Fsp3) is 0.318. The fourth-order valence-electron chi connectivity index (χ4n) is 4.12. The number of rotatable bonds is 2. The van der Waals surface area contributed by atoms with E-state index in [2.05, 4.69) is 29.0 Å². The molecule has 1 aromatic carbocycles.